The van der Waals surface area contributed by atoms with Crippen LogP contribution in [0, 0.1) is 0 Å². The summed E-state index contributed by atoms with van der Waals surface area (Å²) in [5.41, 5.74) is 7.84. The summed E-state index contributed by atoms with van der Waals surface area (Å²) in [7, 11) is 1.66. The molecule has 0 spiro atoms. The predicted molar refractivity (Wildman–Crippen MR) is 140 cm³/mol. The Morgan fingerprint density at radius 2 is 1.91 bits per heavy atom. The molecule has 0 unspecified atom stereocenters. The average Bonchev–Trinajstić information content (AvgIpc) is 2.88. The van der Waals surface area contributed by atoms with E-state index in [0.29, 0.717) is 43.4 Å². The quantitative estimate of drug-likeness (QED) is 0.355. The van der Waals surface area contributed by atoms with E-state index >= 15 is 0 Å². The summed E-state index contributed by atoms with van der Waals surface area (Å²) >= 11 is 6.51. The Morgan fingerprint density at radius 1 is 1.17 bits per heavy atom. The molecule has 1 aliphatic heterocycles. The highest BCUT2D eigenvalue weighted by Gasteiger charge is 2.28. The zero-order valence-electron chi connectivity index (χ0n) is 20.3. The second-order valence-corrected chi connectivity index (χ2v) is 9.94. The minimum absolute atomic E-state index is 0.0159. The van der Waals surface area contributed by atoms with Crippen LogP contribution < -0.4 is 27.0 Å². The summed E-state index contributed by atoms with van der Waals surface area (Å²) < 4.78 is 5.43. The number of nitrogens with zero attached hydrogens (tertiary/aromatic N) is 2. The maximum Gasteiger partial charge on any atom is 0.233 e. The minimum Gasteiger partial charge on any atom is -0.381 e. The summed E-state index contributed by atoms with van der Waals surface area (Å²) in [5, 5.41) is 13.5. The molecule has 1 amide bonds. The Hall–Kier alpha value is -2.46. The highest BCUT2D eigenvalue weighted by molar-refractivity contribution is 6.33. The molecule has 6 N–H and O–H groups in total. The zero-order chi connectivity index (χ0) is 24.7. The number of amides is 1. The number of halogens is 1. The predicted octanol–water partition coefficient (Wildman–Crippen LogP) is 2.78. The maximum absolute atomic E-state index is 11.5. The zero-order valence-corrected chi connectivity index (χ0v) is 21.0. The fraction of sp³-hybridized carbons (Fsp3) is 0.560. The van der Waals surface area contributed by atoms with Crippen LogP contribution in [-0.4, -0.2) is 66.8 Å². The lowest BCUT2D eigenvalue weighted by Gasteiger charge is -2.33. The first kappa shape index (κ1) is 25.6. The molecule has 190 valence electrons. The van der Waals surface area contributed by atoms with Gasteiger partial charge in [0.05, 0.1) is 17.3 Å². The fourth-order valence-corrected chi connectivity index (χ4v) is 4.79. The van der Waals surface area contributed by atoms with Gasteiger partial charge in [0.2, 0.25) is 5.91 Å². The molecule has 1 saturated heterocycles. The Kier molecular flexibility index (Phi) is 8.78. The van der Waals surface area contributed by atoms with Gasteiger partial charge in [-0.1, -0.05) is 17.7 Å². The monoisotopic (exact) mass is 501 g/mol. The van der Waals surface area contributed by atoms with Crippen molar-refractivity contribution in [3.05, 3.63) is 35.5 Å². The number of carbonyl (C=O) groups excluding carboxylic acids is 1. The lowest BCUT2D eigenvalue weighted by molar-refractivity contribution is -0.119. The number of rotatable bonds is 9. The molecule has 0 atom stereocenters. The number of pyridine rings is 2. The van der Waals surface area contributed by atoms with Gasteiger partial charge in [-0.15, -0.1) is 0 Å². The summed E-state index contributed by atoms with van der Waals surface area (Å²) in [6.07, 6.45) is 7.38. The SMILES string of the molecule is CNC(=O)CN[C@H]1CC[C@H](Nc2cc(-c3cccc(NCC4(N)CCOCC4)n3)c(Cl)cn2)CC1. The van der Waals surface area contributed by atoms with Crippen molar-refractivity contribution in [3.8, 4) is 11.3 Å². The van der Waals surface area contributed by atoms with E-state index in [0.717, 1.165) is 61.4 Å². The van der Waals surface area contributed by atoms with E-state index < -0.39 is 0 Å². The molecule has 0 aromatic carbocycles. The Labute approximate surface area is 212 Å². The van der Waals surface area contributed by atoms with Crippen LogP contribution in [0.15, 0.2) is 30.5 Å². The molecule has 10 heteroatoms. The molecule has 35 heavy (non-hydrogen) atoms. The fourth-order valence-electron chi connectivity index (χ4n) is 4.59. The molecule has 0 bridgehead atoms. The van der Waals surface area contributed by atoms with E-state index in [-0.39, 0.29) is 11.4 Å². The average molecular weight is 502 g/mol. The highest BCUT2D eigenvalue weighted by atomic mass is 35.5. The molecule has 2 aromatic rings. The first-order valence-electron chi connectivity index (χ1n) is 12.4. The van der Waals surface area contributed by atoms with Gasteiger partial charge in [0.15, 0.2) is 0 Å². The van der Waals surface area contributed by atoms with Crippen LogP contribution in [0.2, 0.25) is 5.02 Å². The minimum atomic E-state index is -0.279. The van der Waals surface area contributed by atoms with Gasteiger partial charge in [-0.2, -0.15) is 0 Å². The lowest BCUT2D eigenvalue weighted by atomic mass is 9.91. The van der Waals surface area contributed by atoms with Crippen molar-refractivity contribution >= 4 is 29.1 Å². The number of nitrogens with one attached hydrogen (secondary N) is 4. The van der Waals surface area contributed by atoms with E-state index in [2.05, 4.69) is 26.3 Å². The van der Waals surface area contributed by atoms with Gasteiger partial charge in [0.25, 0.3) is 0 Å². The van der Waals surface area contributed by atoms with Crippen molar-refractivity contribution in [1.82, 2.24) is 20.6 Å². The van der Waals surface area contributed by atoms with Crippen molar-refractivity contribution in [2.24, 2.45) is 5.73 Å². The summed E-state index contributed by atoms with van der Waals surface area (Å²) in [6, 6.07) is 8.52. The second-order valence-electron chi connectivity index (χ2n) is 9.53. The van der Waals surface area contributed by atoms with Crippen LogP contribution in [0.1, 0.15) is 38.5 Å². The van der Waals surface area contributed by atoms with E-state index in [1.807, 2.05) is 24.3 Å². The largest absolute Gasteiger partial charge is 0.381 e. The van der Waals surface area contributed by atoms with Gasteiger partial charge in [-0.25, -0.2) is 9.97 Å². The summed E-state index contributed by atoms with van der Waals surface area (Å²) in [6.45, 7) is 2.40. The summed E-state index contributed by atoms with van der Waals surface area (Å²) in [4.78, 5) is 20.7. The first-order valence-corrected chi connectivity index (χ1v) is 12.8. The van der Waals surface area contributed by atoms with Gasteiger partial charge in [0, 0.05) is 56.2 Å². The van der Waals surface area contributed by atoms with Crippen molar-refractivity contribution in [2.45, 2.75) is 56.1 Å². The number of ether oxygens (including phenoxy) is 1. The summed E-state index contributed by atoms with van der Waals surface area (Å²) in [5.74, 6) is 1.57. The van der Waals surface area contributed by atoms with Crippen molar-refractivity contribution < 1.29 is 9.53 Å². The van der Waals surface area contributed by atoms with Crippen molar-refractivity contribution in [2.75, 3.05) is 44.0 Å². The standard InChI is InChI=1S/C25H36ClN7O2/c1-28-24(34)15-29-17-5-7-18(8-6-17)32-23-13-19(20(26)14-30-23)21-3-2-4-22(33-21)31-16-25(27)9-11-35-12-10-25/h2-4,13-14,17-18,29H,5-12,15-16,27H2,1H3,(H,28,34)(H,30,32)(H,31,33)/t17-,18-. The molecule has 2 aliphatic rings. The highest BCUT2D eigenvalue weighted by Crippen LogP contribution is 2.30. The van der Waals surface area contributed by atoms with E-state index in [1.54, 1.807) is 13.2 Å². The van der Waals surface area contributed by atoms with Gasteiger partial charge in [-0.3, -0.25) is 4.79 Å². The molecule has 1 saturated carbocycles. The van der Waals surface area contributed by atoms with Crippen LogP contribution in [0.5, 0.6) is 0 Å². The molecule has 2 fully saturated rings. The number of anilines is 2. The number of likely N-dealkylation sites (N-methyl/N-ethyl adjacent to an activating group) is 1. The van der Waals surface area contributed by atoms with Crippen LogP contribution in [0.3, 0.4) is 0 Å². The molecule has 2 aromatic heterocycles. The topological polar surface area (TPSA) is 126 Å². The number of nitrogens with two attached hydrogens (primary N) is 1. The Bertz CT molecular complexity index is 992. The third-order valence-electron chi connectivity index (χ3n) is 6.90. The van der Waals surface area contributed by atoms with E-state index in [9.17, 15) is 4.79 Å². The second kappa shape index (κ2) is 12.0. The normalized spacial score (nSPS) is 21.8. The van der Waals surface area contributed by atoms with E-state index in [4.69, 9.17) is 27.1 Å². The van der Waals surface area contributed by atoms with Crippen molar-refractivity contribution in [3.63, 3.8) is 0 Å². The van der Waals surface area contributed by atoms with Gasteiger partial charge >= 0.3 is 0 Å². The van der Waals surface area contributed by atoms with Gasteiger partial charge in [-0.05, 0) is 56.7 Å². The molecule has 9 nitrogen and oxygen atoms in total. The molecule has 0 radical (unpaired) electrons. The molecule has 1 aliphatic carbocycles. The smallest absolute Gasteiger partial charge is 0.233 e. The maximum atomic E-state index is 11.5. The van der Waals surface area contributed by atoms with Gasteiger partial charge < -0.3 is 31.7 Å². The number of hydrogen-bond donors (Lipinski definition) is 5. The first-order chi connectivity index (χ1) is 16.9. The Morgan fingerprint density at radius 3 is 2.66 bits per heavy atom. The van der Waals surface area contributed by atoms with E-state index in [1.165, 1.54) is 0 Å². The van der Waals surface area contributed by atoms with Crippen LogP contribution in [-0.2, 0) is 9.53 Å². The van der Waals surface area contributed by atoms with Crippen LogP contribution in [0.4, 0.5) is 11.6 Å². The molecule has 4 rings (SSSR count). The number of carbonyl (C=O) groups is 1. The van der Waals surface area contributed by atoms with Crippen molar-refractivity contribution in [1.29, 1.82) is 0 Å². The van der Waals surface area contributed by atoms with Crippen LogP contribution >= 0.6 is 11.6 Å². The lowest BCUT2D eigenvalue weighted by Crippen LogP contribution is -2.50. The number of hydrogen-bond acceptors (Lipinski definition) is 8. The molecular weight excluding hydrogens is 466 g/mol. The third-order valence-corrected chi connectivity index (χ3v) is 7.20. The third kappa shape index (κ3) is 7.27. The van der Waals surface area contributed by atoms with Gasteiger partial charge in [0.1, 0.15) is 11.6 Å². The molecule has 3 heterocycles. The Balaban J connectivity index is 1.35. The molecular formula is C25H36ClN7O2. The number of aromatic nitrogens is 2. The van der Waals surface area contributed by atoms with Crippen LogP contribution in [0.25, 0.3) is 11.3 Å².